The van der Waals surface area contributed by atoms with E-state index in [9.17, 15) is 14.7 Å². The molecule has 5 rings (SSSR count). The molecular formula is C27H28N8O3. The molecule has 2 aromatic heterocycles. The van der Waals surface area contributed by atoms with Gasteiger partial charge in [-0.15, -0.1) is 0 Å². The number of piperazine rings is 1. The number of aromatic nitrogens is 4. The number of aliphatic hydroxyl groups is 1. The van der Waals surface area contributed by atoms with Crippen LogP contribution in [-0.4, -0.2) is 68.7 Å². The summed E-state index contributed by atoms with van der Waals surface area (Å²) in [5, 5.41) is 16.1. The van der Waals surface area contributed by atoms with Gasteiger partial charge >= 0.3 is 0 Å². The van der Waals surface area contributed by atoms with Crippen LogP contribution in [0.5, 0.6) is 0 Å². The van der Waals surface area contributed by atoms with Gasteiger partial charge in [-0.1, -0.05) is 12.6 Å². The Morgan fingerprint density at radius 1 is 1.05 bits per heavy atom. The van der Waals surface area contributed by atoms with Gasteiger partial charge in [0.2, 0.25) is 11.9 Å². The van der Waals surface area contributed by atoms with Crippen LogP contribution in [-0.2, 0) is 11.4 Å². The number of nitrogens with one attached hydrogen (secondary N) is 2. The van der Waals surface area contributed by atoms with E-state index in [1.807, 2.05) is 12.1 Å². The lowest BCUT2D eigenvalue weighted by atomic mass is 10.2. The first-order valence-electron chi connectivity index (χ1n) is 12.2. The number of fused-ring (bicyclic) bond motifs is 1. The molecule has 2 aromatic carbocycles. The summed E-state index contributed by atoms with van der Waals surface area (Å²) in [7, 11) is 2.13. The number of hydrogen-bond donors (Lipinski definition) is 3. The van der Waals surface area contributed by atoms with Crippen molar-refractivity contribution in [2.75, 3.05) is 48.8 Å². The summed E-state index contributed by atoms with van der Waals surface area (Å²) in [4.78, 5) is 42.1. The number of likely N-dealkylation sites (N-methyl/N-ethyl adjacent to an activating group) is 1. The van der Waals surface area contributed by atoms with E-state index in [1.165, 1.54) is 12.3 Å². The fourth-order valence-corrected chi connectivity index (χ4v) is 4.35. The molecule has 4 aromatic rings. The van der Waals surface area contributed by atoms with Gasteiger partial charge in [0.15, 0.2) is 5.65 Å². The van der Waals surface area contributed by atoms with E-state index in [1.54, 1.807) is 28.8 Å². The van der Waals surface area contributed by atoms with Crippen molar-refractivity contribution in [2.24, 2.45) is 0 Å². The molecule has 0 radical (unpaired) electrons. The Labute approximate surface area is 219 Å². The maximum absolute atomic E-state index is 12.7. The molecule has 0 spiro atoms. The summed E-state index contributed by atoms with van der Waals surface area (Å²) in [5.41, 5.74) is 2.73. The summed E-state index contributed by atoms with van der Waals surface area (Å²) in [6.07, 6.45) is 2.59. The molecule has 38 heavy (non-hydrogen) atoms. The molecule has 11 nitrogen and oxygen atoms in total. The Morgan fingerprint density at radius 3 is 2.53 bits per heavy atom. The predicted octanol–water partition coefficient (Wildman–Crippen LogP) is 2.29. The molecule has 1 aliphatic rings. The van der Waals surface area contributed by atoms with Crippen LogP contribution in [0.15, 0.2) is 72.2 Å². The van der Waals surface area contributed by atoms with Crippen molar-refractivity contribution in [3.63, 3.8) is 0 Å². The van der Waals surface area contributed by atoms with Gasteiger partial charge < -0.3 is 25.5 Å². The second kappa shape index (κ2) is 10.8. The minimum Gasteiger partial charge on any atom is -0.388 e. The van der Waals surface area contributed by atoms with Crippen molar-refractivity contribution >= 4 is 40.0 Å². The van der Waals surface area contributed by atoms with Crippen molar-refractivity contribution in [1.29, 1.82) is 0 Å². The third-order valence-corrected chi connectivity index (χ3v) is 6.39. The lowest BCUT2D eigenvalue weighted by Gasteiger charge is -2.34. The molecule has 0 atom stereocenters. The van der Waals surface area contributed by atoms with E-state index >= 15 is 0 Å². The highest BCUT2D eigenvalue weighted by Crippen LogP contribution is 2.24. The summed E-state index contributed by atoms with van der Waals surface area (Å²) in [6, 6.07) is 15.0. The number of hydrogen-bond acceptors (Lipinski definition) is 9. The number of carbonyl (C=O) groups is 1. The maximum atomic E-state index is 12.7. The Kier molecular flexibility index (Phi) is 7.11. The van der Waals surface area contributed by atoms with Crippen molar-refractivity contribution in [3.05, 3.63) is 83.6 Å². The second-order valence-corrected chi connectivity index (χ2v) is 8.96. The molecule has 3 heterocycles. The number of benzene rings is 2. The monoisotopic (exact) mass is 512 g/mol. The standard InChI is InChI=1S/C27H28N8O3/c1-3-24(37)29-19-5-4-6-21(15-19)35-23(17-36)31-26(38)22-16-28-27(32-25(22)35)30-18-7-9-20(10-8-18)34-13-11-33(2)12-14-34/h3-10,15-16,36H,1,11-14,17H2,2H3,(H,29,37)(H,28,30,32). The van der Waals surface area contributed by atoms with Gasteiger partial charge in [-0.05, 0) is 55.6 Å². The molecule has 11 heteroatoms. The summed E-state index contributed by atoms with van der Waals surface area (Å²) in [5.74, 6) is 0.0277. The Bertz CT molecular complexity index is 1540. The number of rotatable bonds is 7. The zero-order valence-electron chi connectivity index (χ0n) is 21.0. The summed E-state index contributed by atoms with van der Waals surface area (Å²) >= 11 is 0. The van der Waals surface area contributed by atoms with E-state index in [-0.39, 0.29) is 28.7 Å². The lowest BCUT2D eigenvalue weighted by Crippen LogP contribution is -2.44. The van der Waals surface area contributed by atoms with E-state index in [0.717, 1.165) is 37.6 Å². The number of nitrogens with zero attached hydrogens (tertiary/aromatic N) is 6. The number of amides is 1. The largest absolute Gasteiger partial charge is 0.388 e. The van der Waals surface area contributed by atoms with E-state index < -0.39 is 12.2 Å². The molecule has 1 fully saturated rings. The minimum atomic E-state index is -0.542. The summed E-state index contributed by atoms with van der Waals surface area (Å²) < 4.78 is 1.57. The Morgan fingerprint density at radius 2 is 1.82 bits per heavy atom. The molecule has 3 N–H and O–H groups in total. The SMILES string of the molecule is C=CC(=O)Nc1cccc(-n2c(CO)nc(=O)c3cnc(Nc4ccc(N5CCN(C)CC5)cc4)nc32)c1. The van der Waals surface area contributed by atoms with Crippen molar-refractivity contribution in [2.45, 2.75) is 6.61 Å². The van der Waals surface area contributed by atoms with Gasteiger partial charge in [-0.25, -0.2) is 4.98 Å². The van der Waals surface area contributed by atoms with Gasteiger partial charge in [-0.2, -0.15) is 9.97 Å². The molecule has 1 saturated heterocycles. The fraction of sp³-hybridized carbons (Fsp3) is 0.222. The smallest absolute Gasteiger partial charge is 0.284 e. The van der Waals surface area contributed by atoms with Gasteiger partial charge in [0.1, 0.15) is 17.8 Å². The second-order valence-electron chi connectivity index (χ2n) is 8.96. The van der Waals surface area contributed by atoms with Crippen molar-refractivity contribution < 1.29 is 9.90 Å². The van der Waals surface area contributed by atoms with Gasteiger partial charge in [0, 0.05) is 49.4 Å². The topological polar surface area (TPSA) is 129 Å². The first kappa shape index (κ1) is 25.1. The van der Waals surface area contributed by atoms with Crippen LogP contribution >= 0.6 is 0 Å². The van der Waals surface area contributed by atoms with E-state index in [2.05, 4.69) is 61.1 Å². The van der Waals surface area contributed by atoms with Gasteiger partial charge in [0.25, 0.3) is 5.56 Å². The quantitative estimate of drug-likeness (QED) is 0.320. The predicted molar refractivity (Wildman–Crippen MR) is 147 cm³/mol. The first-order chi connectivity index (χ1) is 18.4. The minimum absolute atomic E-state index is 0.107. The molecule has 194 valence electrons. The lowest BCUT2D eigenvalue weighted by molar-refractivity contribution is -0.111. The van der Waals surface area contributed by atoms with Crippen molar-refractivity contribution in [1.82, 2.24) is 24.4 Å². The van der Waals surface area contributed by atoms with Gasteiger partial charge in [0.05, 0.1) is 5.69 Å². The molecule has 1 amide bonds. The highest BCUT2D eigenvalue weighted by atomic mass is 16.3. The normalized spacial score (nSPS) is 13.9. The Hall–Kier alpha value is -4.61. The van der Waals surface area contributed by atoms with Crippen LogP contribution < -0.4 is 21.1 Å². The van der Waals surface area contributed by atoms with Crippen LogP contribution in [0.3, 0.4) is 0 Å². The third kappa shape index (κ3) is 5.24. The van der Waals surface area contributed by atoms with Crippen molar-refractivity contribution in [3.8, 4) is 5.69 Å². The molecule has 1 aliphatic heterocycles. The number of anilines is 4. The molecular weight excluding hydrogens is 484 g/mol. The third-order valence-electron chi connectivity index (χ3n) is 6.39. The first-order valence-corrected chi connectivity index (χ1v) is 12.2. The van der Waals surface area contributed by atoms with Crippen LogP contribution in [0.4, 0.5) is 23.0 Å². The average molecular weight is 513 g/mol. The summed E-state index contributed by atoms with van der Waals surface area (Å²) in [6.45, 7) is 6.99. The van der Waals surface area contributed by atoms with Crippen LogP contribution in [0.1, 0.15) is 5.82 Å². The van der Waals surface area contributed by atoms with Crippen LogP contribution in [0, 0.1) is 0 Å². The van der Waals surface area contributed by atoms with Crippen LogP contribution in [0.2, 0.25) is 0 Å². The van der Waals surface area contributed by atoms with E-state index in [4.69, 9.17) is 0 Å². The Balaban J connectivity index is 1.49. The maximum Gasteiger partial charge on any atom is 0.284 e. The zero-order valence-corrected chi connectivity index (χ0v) is 21.0. The van der Waals surface area contributed by atoms with Gasteiger partial charge in [-0.3, -0.25) is 14.2 Å². The highest BCUT2D eigenvalue weighted by Gasteiger charge is 2.17. The fourth-order valence-electron chi connectivity index (χ4n) is 4.35. The number of aliphatic hydroxyl groups excluding tert-OH is 1. The van der Waals surface area contributed by atoms with E-state index in [0.29, 0.717) is 11.4 Å². The molecule has 0 bridgehead atoms. The van der Waals surface area contributed by atoms with Crippen LogP contribution in [0.25, 0.3) is 16.7 Å². The highest BCUT2D eigenvalue weighted by molar-refractivity contribution is 5.99. The molecule has 0 unspecified atom stereocenters. The zero-order chi connectivity index (χ0) is 26.6. The molecule has 0 saturated carbocycles. The number of carbonyl (C=O) groups excluding carboxylic acids is 1. The molecule has 0 aliphatic carbocycles. The average Bonchev–Trinajstić information content (AvgIpc) is 2.93.